The van der Waals surface area contributed by atoms with Gasteiger partial charge in [0.25, 0.3) is 0 Å². The van der Waals surface area contributed by atoms with E-state index in [4.69, 9.17) is 0 Å². The Hall–Kier alpha value is -6.90. The molecule has 2 heterocycles. The minimum atomic E-state index is 1.16. The van der Waals surface area contributed by atoms with Crippen LogP contribution in [0.1, 0.15) is 0 Å². The zero-order valence-corrected chi connectivity index (χ0v) is 28.4. The molecule has 0 aliphatic carbocycles. The Kier molecular flexibility index (Phi) is 6.28. The van der Waals surface area contributed by atoms with Gasteiger partial charge in [0.2, 0.25) is 0 Å². The van der Waals surface area contributed by atoms with Crippen LogP contribution in [0, 0.1) is 0 Å². The lowest BCUT2D eigenvalue weighted by Crippen LogP contribution is -1.95. The molecule has 0 radical (unpaired) electrons. The summed E-state index contributed by atoms with van der Waals surface area (Å²) in [6.07, 6.45) is 0. The van der Waals surface area contributed by atoms with E-state index in [1.807, 2.05) is 0 Å². The number of nitrogens with zero attached hydrogens (tertiary/aromatic N) is 2. The first kappa shape index (κ1) is 28.9. The van der Waals surface area contributed by atoms with Crippen LogP contribution >= 0.6 is 0 Å². The molecule has 0 saturated carbocycles. The van der Waals surface area contributed by atoms with E-state index >= 15 is 0 Å². The summed E-state index contributed by atoms with van der Waals surface area (Å²) in [6.45, 7) is 0. The molecular weight excluding hydrogens is 629 g/mol. The average molecular weight is 661 g/mol. The van der Waals surface area contributed by atoms with Crippen LogP contribution in [-0.2, 0) is 0 Å². The molecular formula is C50H32N2. The molecule has 2 heteroatoms. The zero-order chi connectivity index (χ0) is 34.2. The van der Waals surface area contributed by atoms with Crippen LogP contribution < -0.4 is 0 Å². The van der Waals surface area contributed by atoms with Gasteiger partial charge in [-0.15, -0.1) is 0 Å². The minimum Gasteiger partial charge on any atom is -0.309 e. The fourth-order valence-electron chi connectivity index (χ4n) is 8.44. The maximum Gasteiger partial charge on any atom is 0.0541 e. The van der Waals surface area contributed by atoms with E-state index in [9.17, 15) is 0 Å². The molecule has 11 rings (SSSR count). The summed E-state index contributed by atoms with van der Waals surface area (Å²) < 4.78 is 4.85. The van der Waals surface area contributed by atoms with Gasteiger partial charge < -0.3 is 9.13 Å². The first-order chi connectivity index (χ1) is 25.8. The van der Waals surface area contributed by atoms with Gasteiger partial charge in [-0.25, -0.2) is 0 Å². The van der Waals surface area contributed by atoms with Gasteiger partial charge >= 0.3 is 0 Å². The molecule has 0 spiro atoms. The topological polar surface area (TPSA) is 9.86 Å². The maximum atomic E-state index is 2.43. The highest BCUT2D eigenvalue weighted by molar-refractivity contribution is 6.13. The van der Waals surface area contributed by atoms with Gasteiger partial charge in [-0.1, -0.05) is 133 Å². The van der Waals surface area contributed by atoms with Crippen LogP contribution in [0.15, 0.2) is 194 Å². The third-order valence-electron chi connectivity index (χ3n) is 10.9. The predicted molar refractivity (Wildman–Crippen MR) is 221 cm³/mol. The number of para-hydroxylation sites is 2. The van der Waals surface area contributed by atoms with E-state index in [0.717, 1.165) is 5.69 Å². The molecule has 0 fully saturated rings. The Morgan fingerprint density at radius 2 is 0.750 bits per heavy atom. The number of aromatic nitrogens is 2. The molecule has 0 unspecified atom stereocenters. The van der Waals surface area contributed by atoms with Crippen molar-refractivity contribution >= 4 is 65.2 Å². The first-order valence-corrected chi connectivity index (χ1v) is 17.9. The molecule has 0 bridgehead atoms. The Labute approximate surface area is 301 Å². The molecule has 0 N–H and O–H groups in total. The molecule has 0 amide bonds. The number of fused-ring (bicyclic) bond motifs is 8. The Morgan fingerprint density at radius 1 is 0.250 bits per heavy atom. The van der Waals surface area contributed by atoms with Crippen molar-refractivity contribution in [2.75, 3.05) is 0 Å². The van der Waals surface area contributed by atoms with E-state index in [1.54, 1.807) is 0 Å². The third kappa shape index (κ3) is 4.38. The Bertz CT molecular complexity index is 3190. The highest BCUT2D eigenvalue weighted by atomic mass is 15.0. The lowest BCUT2D eigenvalue weighted by Gasteiger charge is -2.12. The smallest absolute Gasteiger partial charge is 0.0541 e. The summed E-state index contributed by atoms with van der Waals surface area (Å²) in [4.78, 5) is 0. The molecule has 0 aliphatic heterocycles. The summed E-state index contributed by atoms with van der Waals surface area (Å²) in [5.74, 6) is 0. The second kappa shape index (κ2) is 11.3. The predicted octanol–water partition coefficient (Wildman–Crippen LogP) is 13.5. The fraction of sp³-hybridized carbons (Fsp3) is 0. The van der Waals surface area contributed by atoms with Crippen LogP contribution in [0.4, 0.5) is 0 Å². The van der Waals surface area contributed by atoms with Crippen LogP contribution in [-0.4, -0.2) is 9.13 Å². The second-order valence-corrected chi connectivity index (χ2v) is 13.8. The summed E-state index contributed by atoms with van der Waals surface area (Å²) >= 11 is 0. The molecule has 52 heavy (non-hydrogen) atoms. The SMILES string of the molecule is c1cc(-c2ccc3ccccc3c2)cc(-n2c3ccccc3c3cc(-c4ccc5c(c4)c4ccccc4n5-c4cccc5ccccc45)ccc32)c1. The largest absolute Gasteiger partial charge is 0.309 e. The Balaban J connectivity index is 1.07. The van der Waals surface area contributed by atoms with Gasteiger partial charge in [-0.2, -0.15) is 0 Å². The van der Waals surface area contributed by atoms with E-state index < -0.39 is 0 Å². The van der Waals surface area contributed by atoms with Crippen molar-refractivity contribution in [1.82, 2.24) is 9.13 Å². The standard InChI is InChI=1S/C50H32N2/c1-2-13-35-29-37(24-23-33(35)11-1)36-15-9-16-40(30-36)51-47-20-7-5-18-42(47)44-31-38(25-27-49(44)51)39-26-28-50-45(32-39)43-19-6-8-21-48(43)52(50)46-22-10-14-34-12-3-4-17-41(34)46/h1-32H. The number of hydrogen-bond donors (Lipinski definition) is 0. The Morgan fingerprint density at radius 3 is 1.50 bits per heavy atom. The van der Waals surface area contributed by atoms with Gasteiger partial charge in [0.15, 0.2) is 0 Å². The van der Waals surface area contributed by atoms with Crippen molar-refractivity contribution in [2.45, 2.75) is 0 Å². The van der Waals surface area contributed by atoms with Crippen molar-refractivity contribution in [3.63, 3.8) is 0 Å². The minimum absolute atomic E-state index is 1.16. The van der Waals surface area contributed by atoms with E-state index in [-0.39, 0.29) is 0 Å². The van der Waals surface area contributed by atoms with E-state index in [0.29, 0.717) is 0 Å². The van der Waals surface area contributed by atoms with Crippen LogP contribution in [0.25, 0.3) is 98.8 Å². The second-order valence-electron chi connectivity index (χ2n) is 13.8. The summed E-state index contributed by atoms with van der Waals surface area (Å²) in [5.41, 5.74) is 12.1. The molecule has 0 atom stereocenters. The number of benzene rings is 9. The third-order valence-corrected chi connectivity index (χ3v) is 10.9. The molecule has 9 aromatic carbocycles. The molecule has 2 aromatic heterocycles. The quantitative estimate of drug-likeness (QED) is 0.178. The molecule has 2 nitrogen and oxygen atoms in total. The molecule has 0 saturated heterocycles. The van der Waals surface area contributed by atoms with Gasteiger partial charge in [-0.05, 0) is 99.1 Å². The normalized spacial score (nSPS) is 11.8. The van der Waals surface area contributed by atoms with Crippen molar-refractivity contribution < 1.29 is 0 Å². The number of hydrogen-bond acceptors (Lipinski definition) is 0. The van der Waals surface area contributed by atoms with Crippen molar-refractivity contribution in [3.05, 3.63) is 194 Å². The number of rotatable bonds is 4. The maximum absolute atomic E-state index is 2.43. The van der Waals surface area contributed by atoms with Crippen molar-refractivity contribution in [1.29, 1.82) is 0 Å². The average Bonchev–Trinajstić information content (AvgIpc) is 3.72. The summed E-state index contributed by atoms with van der Waals surface area (Å²) in [6, 6.07) is 71.1. The van der Waals surface area contributed by atoms with Crippen molar-refractivity contribution in [3.8, 4) is 33.6 Å². The molecule has 242 valence electrons. The lowest BCUT2D eigenvalue weighted by atomic mass is 10.0. The van der Waals surface area contributed by atoms with Gasteiger partial charge in [-0.3, -0.25) is 0 Å². The van der Waals surface area contributed by atoms with Crippen molar-refractivity contribution in [2.24, 2.45) is 0 Å². The fourth-order valence-corrected chi connectivity index (χ4v) is 8.44. The summed E-state index contributed by atoms with van der Waals surface area (Å²) in [5, 5.41) is 10.0. The van der Waals surface area contributed by atoms with E-state index in [1.165, 1.54) is 93.1 Å². The zero-order valence-electron chi connectivity index (χ0n) is 28.4. The van der Waals surface area contributed by atoms with Crippen LogP contribution in [0.5, 0.6) is 0 Å². The van der Waals surface area contributed by atoms with Gasteiger partial charge in [0.05, 0.1) is 27.8 Å². The lowest BCUT2D eigenvalue weighted by molar-refractivity contribution is 1.18. The van der Waals surface area contributed by atoms with E-state index in [2.05, 4.69) is 203 Å². The first-order valence-electron chi connectivity index (χ1n) is 17.9. The monoisotopic (exact) mass is 660 g/mol. The van der Waals surface area contributed by atoms with Crippen LogP contribution in [0.2, 0.25) is 0 Å². The van der Waals surface area contributed by atoms with Gasteiger partial charge in [0.1, 0.15) is 0 Å². The molecule has 0 aliphatic rings. The highest BCUT2D eigenvalue weighted by Gasteiger charge is 2.17. The van der Waals surface area contributed by atoms with Crippen LogP contribution in [0.3, 0.4) is 0 Å². The summed E-state index contributed by atoms with van der Waals surface area (Å²) in [7, 11) is 0. The van der Waals surface area contributed by atoms with Gasteiger partial charge in [0, 0.05) is 32.6 Å². The molecule has 11 aromatic rings. The highest BCUT2D eigenvalue weighted by Crippen LogP contribution is 2.39.